The van der Waals surface area contributed by atoms with Crippen molar-refractivity contribution in [2.24, 2.45) is 5.92 Å². The zero-order valence-corrected chi connectivity index (χ0v) is 9.82. The Morgan fingerprint density at radius 3 is 2.62 bits per heavy atom. The first-order valence-corrected chi connectivity index (χ1v) is 5.31. The van der Waals surface area contributed by atoms with Crippen LogP contribution in [-0.2, 0) is 4.79 Å². The summed E-state index contributed by atoms with van der Waals surface area (Å²) in [5.41, 5.74) is 1.91. The Kier molecular flexibility index (Phi) is 4.07. The van der Waals surface area contributed by atoms with Gasteiger partial charge in [0, 0.05) is 5.92 Å². The lowest BCUT2D eigenvalue weighted by Gasteiger charge is -2.14. The number of nitrogens with zero attached hydrogens (tertiary/aromatic N) is 1. The van der Waals surface area contributed by atoms with E-state index in [0.29, 0.717) is 0 Å². The van der Waals surface area contributed by atoms with Crippen LogP contribution in [0.3, 0.4) is 0 Å². The maximum absolute atomic E-state index is 11.5. The van der Waals surface area contributed by atoms with Gasteiger partial charge in [0.1, 0.15) is 6.04 Å². The van der Waals surface area contributed by atoms with Crippen LogP contribution < -0.4 is 5.32 Å². The number of hydrogen-bond acceptors (Lipinski definition) is 2. The molecule has 3 nitrogen and oxygen atoms in total. The molecule has 84 valence electrons. The quantitative estimate of drug-likeness (QED) is 0.843. The van der Waals surface area contributed by atoms with Gasteiger partial charge < -0.3 is 5.32 Å². The van der Waals surface area contributed by atoms with Crippen LogP contribution in [0.4, 0.5) is 0 Å². The van der Waals surface area contributed by atoms with Gasteiger partial charge in [-0.05, 0) is 12.5 Å². The molecule has 0 bridgehead atoms. The molecule has 0 radical (unpaired) electrons. The molecule has 1 atom stereocenters. The normalized spacial score (nSPS) is 11.9. The predicted octanol–water partition coefficient (Wildman–Crippen LogP) is 2.33. The number of carbonyl (C=O) groups excluding carboxylic acids is 1. The lowest BCUT2D eigenvalue weighted by Crippen LogP contribution is -2.31. The molecule has 0 aliphatic rings. The molecule has 0 aliphatic carbocycles. The smallest absolute Gasteiger partial charge is 0.223 e. The fraction of sp³-hybridized carbons (Fsp3) is 0.385. The van der Waals surface area contributed by atoms with Crippen molar-refractivity contribution in [1.82, 2.24) is 5.32 Å². The van der Waals surface area contributed by atoms with Crippen LogP contribution in [0.25, 0.3) is 0 Å². The molecule has 16 heavy (non-hydrogen) atoms. The number of carbonyl (C=O) groups is 1. The minimum Gasteiger partial charge on any atom is -0.336 e. The van der Waals surface area contributed by atoms with E-state index in [1.807, 2.05) is 31.2 Å². The highest BCUT2D eigenvalue weighted by Gasteiger charge is 2.15. The summed E-state index contributed by atoms with van der Waals surface area (Å²) in [5.74, 6) is -0.214. The van der Waals surface area contributed by atoms with E-state index in [1.54, 1.807) is 13.8 Å². The second-order valence-corrected chi connectivity index (χ2v) is 4.14. The first kappa shape index (κ1) is 12.3. The number of nitriles is 1. The largest absolute Gasteiger partial charge is 0.336 e. The highest BCUT2D eigenvalue weighted by atomic mass is 16.1. The average molecular weight is 216 g/mol. The summed E-state index contributed by atoms with van der Waals surface area (Å²) in [6, 6.07) is 9.14. The van der Waals surface area contributed by atoms with Crippen molar-refractivity contribution in [3.05, 3.63) is 35.4 Å². The topological polar surface area (TPSA) is 52.9 Å². The van der Waals surface area contributed by atoms with Crippen molar-refractivity contribution < 1.29 is 4.79 Å². The monoisotopic (exact) mass is 216 g/mol. The zero-order chi connectivity index (χ0) is 12.1. The first-order valence-electron chi connectivity index (χ1n) is 5.31. The fourth-order valence-corrected chi connectivity index (χ4v) is 1.35. The molecule has 1 rings (SSSR count). The van der Waals surface area contributed by atoms with Gasteiger partial charge in [-0.15, -0.1) is 0 Å². The highest BCUT2D eigenvalue weighted by molar-refractivity contribution is 5.78. The third-order valence-corrected chi connectivity index (χ3v) is 2.32. The highest BCUT2D eigenvalue weighted by Crippen LogP contribution is 2.14. The van der Waals surface area contributed by atoms with Crippen molar-refractivity contribution in [2.45, 2.75) is 26.8 Å². The number of aryl methyl sites for hydroxylation is 1. The van der Waals surface area contributed by atoms with Gasteiger partial charge in [-0.3, -0.25) is 4.79 Å². The standard InChI is InChI=1S/C13H16N2O/c1-9(2)13(16)15-12(8-14)11-6-4-5-10(3)7-11/h4-7,9,12H,1-3H3,(H,15,16). The summed E-state index contributed by atoms with van der Waals surface area (Å²) in [6.07, 6.45) is 0. The van der Waals surface area contributed by atoms with Crippen molar-refractivity contribution >= 4 is 5.91 Å². The number of rotatable bonds is 3. The third-order valence-electron chi connectivity index (χ3n) is 2.32. The Morgan fingerprint density at radius 1 is 1.44 bits per heavy atom. The van der Waals surface area contributed by atoms with Crippen molar-refractivity contribution in [3.63, 3.8) is 0 Å². The molecule has 1 unspecified atom stereocenters. The van der Waals surface area contributed by atoms with Crippen LogP contribution in [0.1, 0.15) is 31.0 Å². The summed E-state index contributed by atoms with van der Waals surface area (Å²) >= 11 is 0. The van der Waals surface area contributed by atoms with Crippen molar-refractivity contribution in [2.75, 3.05) is 0 Å². The van der Waals surface area contributed by atoms with E-state index in [4.69, 9.17) is 5.26 Å². The van der Waals surface area contributed by atoms with Crippen LogP contribution in [0.2, 0.25) is 0 Å². The zero-order valence-electron chi connectivity index (χ0n) is 9.82. The molecular formula is C13H16N2O. The lowest BCUT2D eigenvalue weighted by molar-refractivity contribution is -0.124. The minimum absolute atomic E-state index is 0.104. The SMILES string of the molecule is Cc1cccc(C(C#N)NC(=O)C(C)C)c1. The van der Waals surface area contributed by atoms with E-state index in [2.05, 4.69) is 11.4 Å². The van der Waals surface area contributed by atoms with Gasteiger partial charge in [0.25, 0.3) is 0 Å². The van der Waals surface area contributed by atoms with Crippen LogP contribution >= 0.6 is 0 Å². The number of benzene rings is 1. The molecule has 0 aromatic heterocycles. The molecular weight excluding hydrogens is 200 g/mol. The third kappa shape index (κ3) is 3.09. The molecule has 1 aromatic carbocycles. The van der Waals surface area contributed by atoms with Gasteiger partial charge in [-0.25, -0.2) is 0 Å². The van der Waals surface area contributed by atoms with Crippen LogP contribution in [-0.4, -0.2) is 5.91 Å². The van der Waals surface area contributed by atoms with Gasteiger partial charge in [0.2, 0.25) is 5.91 Å². The first-order chi connectivity index (χ1) is 7.54. The summed E-state index contributed by atoms with van der Waals surface area (Å²) in [5, 5.41) is 11.7. The van der Waals surface area contributed by atoms with Crippen LogP contribution in [0, 0.1) is 24.2 Å². The molecule has 1 amide bonds. The number of amides is 1. The molecule has 0 heterocycles. The van der Waals surface area contributed by atoms with E-state index in [1.165, 1.54) is 0 Å². The lowest BCUT2D eigenvalue weighted by atomic mass is 10.0. The Morgan fingerprint density at radius 2 is 2.12 bits per heavy atom. The van der Waals surface area contributed by atoms with E-state index >= 15 is 0 Å². The van der Waals surface area contributed by atoms with E-state index in [0.717, 1.165) is 11.1 Å². The Balaban J connectivity index is 2.84. The van der Waals surface area contributed by atoms with Crippen molar-refractivity contribution in [1.29, 1.82) is 5.26 Å². The van der Waals surface area contributed by atoms with Gasteiger partial charge in [0.15, 0.2) is 0 Å². The van der Waals surface area contributed by atoms with Crippen molar-refractivity contribution in [3.8, 4) is 6.07 Å². The van der Waals surface area contributed by atoms with Crippen LogP contribution in [0.5, 0.6) is 0 Å². The van der Waals surface area contributed by atoms with E-state index in [9.17, 15) is 4.79 Å². The summed E-state index contributed by atoms with van der Waals surface area (Å²) in [6.45, 7) is 5.57. The second-order valence-electron chi connectivity index (χ2n) is 4.14. The van der Waals surface area contributed by atoms with Gasteiger partial charge in [-0.1, -0.05) is 43.7 Å². The fourth-order valence-electron chi connectivity index (χ4n) is 1.35. The summed E-state index contributed by atoms with van der Waals surface area (Å²) in [4.78, 5) is 11.5. The summed E-state index contributed by atoms with van der Waals surface area (Å²) in [7, 11) is 0. The maximum atomic E-state index is 11.5. The molecule has 0 saturated carbocycles. The molecule has 1 N–H and O–H groups in total. The van der Waals surface area contributed by atoms with E-state index < -0.39 is 6.04 Å². The van der Waals surface area contributed by atoms with Gasteiger partial charge in [0.05, 0.1) is 6.07 Å². The molecule has 0 fully saturated rings. The molecule has 3 heteroatoms. The Labute approximate surface area is 96.1 Å². The molecule has 0 spiro atoms. The number of nitrogens with one attached hydrogen (secondary N) is 1. The molecule has 0 aliphatic heterocycles. The van der Waals surface area contributed by atoms with Gasteiger partial charge in [-0.2, -0.15) is 5.26 Å². The predicted molar refractivity (Wildman–Crippen MR) is 62.5 cm³/mol. The number of hydrogen-bond donors (Lipinski definition) is 1. The minimum atomic E-state index is -0.560. The Hall–Kier alpha value is -1.82. The molecule has 1 aromatic rings. The van der Waals surface area contributed by atoms with Crippen LogP contribution in [0.15, 0.2) is 24.3 Å². The second kappa shape index (κ2) is 5.32. The Bertz CT molecular complexity index is 418. The molecule has 0 saturated heterocycles. The average Bonchev–Trinajstić information content (AvgIpc) is 2.25. The maximum Gasteiger partial charge on any atom is 0.223 e. The van der Waals surface area contributed by atoms with Gasteiger partial charge >= 0.3 is 0 Å². The van der Waals surface area contributed by atoms with E-state index in [-0.39, 0.29) is 11.8 Å². The summed E-state index contributed by atoms with van der Waals surface area (Å²) < 4.78 is 0.